The van der Waals surface area contributed by atoms with Crippen LogP contribution < -0.4 is 5.32 Å². The van der Waals surface area contributed by atoms with Gasteiger partial charge in [-0.2, -0.15) is 0 Å². The summed E-state index contributed by atoms with van der Waals surface area (Å²) in [6.07, 6.45) is 2.33. The molecule has 4 nitrogen and oxygen atoms in total. The van der Waals surface area contributed by atoms with E-state index in [1.807, 2.05) is 29.3 Å². The zero-order valence-electron chi connectivity index (χ0n) is 10.6. The van der Waals surface area contributed by atoms with Crippen molar-refractivity contribution in [1.82, 2.24) is 15.2 Å². The van der Waals surface area contributed by atoms with Gasteiger partial charge in [-0.15, -0.1) is 0 Å². The third-order valence-electron chi connectivity index (χ3n) is 3.54. The summed E-state index contributed by atoms with van der Waals surface area (Å²) in [5.74, 6) is 0.183. The van der Waals surface area contributed by atoms with E-state index in [-0.39, 0.29) is 5.91 Å². The van der Waals surface area contributed by atoms with E-state index in [0.29, 0.717) is 11.4 Å². The highest BCUT2D eigenvalue weighted by molar-refractivity contribution is 6.31. The fourth-order valence-corrected chi connectivity index (χ4v) is 2.66. The van der Waals surface area contributed by atoms with Gasteiger partial charge in [-0.1, -0.05) is 11.6 Å². The summed E-state index contributed by atoms with van der Waals surface area (Å²) in [7, 11) is 0. The second-order valence-corrected chi connectivity index (χ2v) is 5.25. The molecule has 2 N–H and O–H groups in total. The molecule has 0 bridgehead atoms. The number of nitrogens with zero attached hydrogens (tertiary/aromatic N) is 1. The smallest absolute Gasteiger partial charge is 0.227 e. The van der Waals surface area contributed by atoms with Crippen molar-refractivity contribution in [1.29, 1.82) is 0 Å². The molecule has 1 aliphatic heterocycles. The number of carbonyl (C=O) groups excluding carboxylic acids is 1. The van der Waals surface area contributed by atoms with E-state index in [1.54, 1.807) is 0 Å². The Morgan fingerprint density at radius 1 is 1.32 bits per heavy atom. The van der Waals surface area contributed by atoms with E-state index in [0.717, 1.165) is 42.6 Å². The van der Waals surface area contributed by atoms with Gasteiger partial charge in [0, 0.05) is 48.3 Å². The first-order valence-corrected chi connectivity index (χ1v) is 6.86. The zero-order valence-corrected chi connectivity index (χ0v) is 11.3. The first-order valence-electron chi connectivity index (χ1n) is 6.48. The van der Waals surface area contributed by atoms with Crippen molar-refractivity contribution >= 4 is 28.4 Å². The Morgan fingerprint density at radius 3 is 2.89 bits per heavy atom. The molecular formula is C14H16ClN3O. The highest BCUT2D eigenvalue weighted by Gasteiger charge is 2.17. The monoisotopic (exact) mass is 277 g/mol. The lowest BCUT2D eigenvalue weighted by atomic mass is 10.1. The van der Waals surface area contributed by atoms with Gasteiger partial charge in [-0.05, 0) is 23.8 Å². The largest absolute Gasteiger partial charge is 0.361 e. The van der Waals surface area contributed by atoms with Crippen molar-refractivity contribution in [3.8, 4) is 0 Å². The number of hydrogen-bond acceptors (Lipinski definition) is 2. The standard InChI is InChI=1S/C14H16ClN3O/c15-11-1-2-13-12(8-11)10(9-17-13)7-14(19)18-5-3-16-4-6-18/h1-2,8-9,16-17H,3-7H2. The number of aromatic amines is 1. The fraction of sp³-hybridized carbons (Fsp3) is 0.357. The molecule has 1 amide bonds. The Morgan fingerprint density at radius 2 is 2.11 bits per heavy atom. The van der Waals surface area contributed by atoms with Crippen LogP contribution in [0.4, 0.5) is 0 Å². The van der Waals surface area contributed by atoms with E-state index in [1.165, 1.54) is 0 Å². The predicted molar refractivity (Wildman–Crippen MR) is 76.5 cm³/mol. The predicted octanol–water partition coefficient (Wildman–Crippen LogP) is 1.80. The van der Waals surface area contributed by atoms with Crippen LogP contribution in [0.3, 0.4) is 0 Å². The molecule has 100 valence electrons. The van der Waals surface area contributed by atoms with Gasteiger partial charge in [0.05, 0.1) is 6.42 Å². The van der Waals surface area contributed by atoms with Crippen LogP contribution in [0.25, 0.3) is 10.9 Å². The first kappa shape index (κ1) is 12.5. The number of piperazine rings is 1. The van der Waals surface area contributed by atoms with Crippen LogP contribution in [-0.2, 0) is 11.2 Å². The lowest BCUT2D eigenvalue weighted by Crippen LogP contribution is -2.46. The van der Waals surface area contributed by atoms with Crippen molar-refractivity contribution in [2.45, 2.75) is 6.42 Å². The van der Waals surface area contributed by atoms with Gasteiger partial charge in [0.15, 0.2) is 0 Å². The molecule has 0 radical (unpaired) electrons. The minimum atomic E-state index is 0.183. The molecule has 0 unspecified atom stereocenters. The van der Waals surface area contributed by atoms with Crippen LogP contribution in [0.2, 0.25) is 5.02 Å². The molecule has 2 aromatic rings. The SMILES string of the molecule is O=C(Cc1c[nH]c2ccc(Cl)cc12)N1CCNCC1. The molecule has 1 aliphatic rings. The summed E-state index contributed by atoms with van der Waals surface area (Å²) in [4.78, 5) is 17.3. The van der Waals surface area contributed by atoms with Gasteiger partial charge in [-0.25, -0.2) is 0 Å². The van der Waals surface area contributed by atoms with Gasteiger partial charge in [0.1, 0.15) is 0 Å². The molecule has 2 heterocycles. The van der Waals surface area contributed by atoms with Crippen molar-refractivity contribution in [2.75, 3.05) is 26.2 Å². The summed E-state index contributed by atoms with van der Waals surface area (Å²) in [6.45, 7) is 3.35. The van der Waals surface area contributed by atoms with Gasteiger partial charge in [0.25, 0.3) is 0 Å². The lowest BCUT2D eigenvalue weighted by molar-refractivity contribution is -0.131. The Kier molecular flexibility index (Phi) is 3.44. The number of halogens is 1. The van der Waals surface area contributed by atoms with Crippen LogP contribution in [-0.4, -0.2) is 42.0 Å². The van der Waals surface area contributed by atoms with E-state index in [9.17, 15) is 4.79 Å². The number of benzene rings is 1. The Labute approximate surface area is 116 Å². The number of H-pyrrole nitrogens is 1. The molecule has 1 fully saturated rings. The molecule has 3 rings (SSSR count). The number of fused-ring (bicyclic) bond motifs is 1. The topological polar surface area (TPSA) is 48.1 Å². The summed E-state index contributed by atoms with van der Waals surface area (Å²) >= 11 is 6.02. The summed E-state index contributed by atoms with van der Waals surface area (Å²) < 4.78 is 0. The fourth-order valence-electron chi connectivity index (χ4n) is 2.49. The van der Waals surface area contributed by atoms with Crippen LogP contribution >= 0.6 is 11.6 Å². The van der Waals surface area contributed by atoms with Crippen molar-refractivity contribution < 1.29 is 4.79 Å². The minimum absolute atomic E-state index is 0.183. The molecule has 1 saturated heterocycles. The summed E-state index contributed by atoms with van der Waals surface area (Å²) in [5.41, 5.74) is 2.04. The maximum absolute atomic E-state index is 12.2. The Balaban J connectivity index is 1.80. The van der Waals surface area contributed by atoms with Crippen LogP contribution in [0.15, 0.2) is 24.4 Å². The first-order chi connectivity index (χ1) is 9.24. The molecule has 0 aliphatic carbocycles. The zero-order chi connectivity index (χ0) is 13.2. The molecule has 0 saturated carbocycles. The van der Waals surface area contributed by atoms with Crippen molar-refractivity contribution in [2.24, 2.45) is 0 Å². The normalized spacial score (nSPS) is 15.9. The number of aromatic nitrogens is 1. The van der Waals surface area contributed by atoms with Gasteiger partial charge in [0.2, 0.25) is 5.91 Å². The summed E-state index contributed by atoms with van der Waals surface area (Å²) in [6, 6.07) is 5.70. The van der Waals surface area contributed by atoms with Crippen molar-refractivity contribution in [3.05, 3.63) is 35.0 Å². The van der Waals surface area contributed by atoms with Gasteiger partial charge in [-0.3, -0.25) is 4.79 Å². The van der Waals surface area contributed by atoms with E-state index >= 15 is 0 Å². The average Bonchev–Trinajstić information content (AvgIpc) is 2.82. The number of hydrogen-bond donors (Lipinski definition) is 2. The number of nitrogens with one attached hydrogen (secondary N) is 2. The molecule has 1 aromatic carbocycles. The minimum Gasteiger partial charge on any atom is -0.361 e. The molecular weight excluding hydrogens is 262 g/mol. The second-order valence-electron chi connectivity index (χ2n) is 4.81. The molecule has 1 aromatic heterocycles. The van der Waals surface area contributed by atoms with Gasteiger partial charge < -0.3 is 15.2 Å². The summed E-state index contributed by atoms with van der Waals surface area (Å²) in [5, 5.41) is 4.98. The highest BCUT2D eigenvalue weighted by atomic mass is 35.5. The van der Waals surface area contributed by atoms with E-state index in [4.69, 9.17) is 11.6 Å². The maximum Gasteiger partial charge on any atom is 0.227 e. The quantitative estimate of drug-likeness (QED) is 0.879. The highest BCUT2D eigenvalue weighted by Crippen LogP contribution is 2.23. The third-order valence-corrected chi connectivity index (χ3v) is 3.78. The average molecular weight is 278 g/mol. The van der Waals surface area contributed by atoms with Crippen molar-refractivity contribution in [3.63, 3.8) is 0 Å². The molecule has 0 spiro atoms. The van der Waals surface area contributed by atoms with Crippen LogP contribution in [0, 0.1) is 0 Å². The second kappa shape index (κ2) is 5.23. The maximum atomic E-state index is 12.2. The molecule has 0 atom stereocenters. The Hall–Kier alpha value is -1.52. The lowest BCUT2D eigenvalue weighted by Gasteiger charge is -2.27. The Bertz CT molecular complexity index is 602. The molecule has 5 heteroatoms. The number of rotatable bonds is 2. The van der Waals surface area contributed by atoms with Gasteiger partial charge >= 0.3 is 0 Å². The van der Waals surface area contributed by atoms with E-state index in [2.05, 4.69) is 10.3 Å². The molecule has 19 heavy (non-hydrogen) atoms. The number of carbonyl (C=O) groups is 1. The van der Waals surface area contributed by atoms with Crippen LogP contribution in [0.1, 0.15) is 5.56 Å². The van der Waals surface area contributed by atoms with Crippen LogP contribution in [0.5, 0.6) is 0 Å². The van der Waals surface area contributed by atoms with E-state index < -0.39 is 0 Å². The third kappa shape index (κ3) is 2.60. The number of amides is 1.